The molecule has 2 aliphatic heterocycles. The minimum Gasteiger partial charge on any atom is -0.360 e. The Morgan fingerprint density at radius 3 is 2.43 bits per heavy atom. The van der Waals surface area contributed by atoms with E-state index >= 15 is 0 Å². The number of carbonyl (C=O) groups is 2. The Kier molecular flexibility index (Phi) is 5.08. The fourth-order valence-electron chi connectivity index (χ4n) is 4.09. The summed E-state index contributed by atoms with van der Waals surface area (Å²) in [4.78, 5) is 30.3. The highest BCUT2D eigenvalue weighted by Crippen LogP contribution is 2.30. The zero-order chi connectivity index (χ0) is 19.8. The number of amides is 2. The van der Waals surface area contributed by atoms with E-state index in [1.165, 1.54) is 17.0 Å². The Labute approximate surface area is 168 Å². The van der Waals surface area contributed by atoms with Crippen molar-refractivity contribution in [1.82, 2.24) is 0 Å². The van der Waals surface area contributed by atoms with Crippen LogP contribution in [-0.4, -0.2) is 44.0 Å². The maximum atomic E-state index is 13.1. The van der Waals surface area contributed by atoms with Gasteiger partial charge in [0.15, 0.2) is 6.04 Å². The molecule has 1 atom stereocenters. The smallest absolute Gasteiger partial charge is 0.292 e. The molecule has 0 bridgehead atoms. The average molecular weight is 403 g/mol. The minimum atomic E-state index is -0.360. The number of nitrogens with one attached hydrogen (secondary N) is 1. The number of nitrogens with zero attached hydrogens (tertiary/aromatic N) is 2. The SMILES string of the molecule is Cc1c(Cl)cccc1N1C(=O)C[C@H]([NH+]2CCN(c3ccc(F)cc3)CC2)C1=O. The van der Waals surface area contributed by atoms with Gasteiger partial charge in [0.25, 0.3) is 5.91 Å². The summed E-state index contributed by atoms with van der Waals surface area (Å²) >= 11 is 6.17. The quantitative estimate of drug-likeness (QED) is 0.797. The molecule has 0 aromatic heterocycles. The third kappa shape index (κ3) is 3.38. The van der Waals surface area contributed by atoms with Crippen molar-refractivity contribution in [3.63, 3.8) is 0 Å². The highest BCUT2D eigenvalue weighted by molar-refractivity contribution is 6.32. The van der Waals surface area contributed by atoms with E-state index < -0.39 is 0 Å². The van der Waals surface area contributed by atoms with E-state index in [4.69, 9.17) is 11.6 Å². The van der Waals surface area contributed by atoms with Crippen molar-refractivity contribution in [3.05, 3.63) is 58.9 Å². The molecule has 2 amide bonds. The Balaban J connectivity index is 1.46. The first kappa shape index (κ1) is 18.9. The van der Waals surface area contributed by atoms with Gasteiger partial charge in [-0.2, -0.15) is 0 Å². The van der Waals surface area contributed by atoms with Gasteiger partial charge >= 0.3 is 0 Å². The van der Waals surface area contributed by atoms with Crippen molar-refractivity contribution in [1.29, 1.82) is 0 Å². The Hall–Kier alpha value is -2.44. The molecule has 0 spiro atoms. The van der Waals surface area contributed by atoms with E-state index in [9.17, 15) is 14.0 Å². The molecule has 4 rings (SSSR count). The van der Waals surface area contributed by atoms with Crippen LogP contribution < -0.4 is 14.7 Å². The molecule has 2 aromatic rings. The molecular formula is C21H22ClFN3O2+. The second kappa shape index (κ2) is 7.53. The first-order valence-corrected chi connectivity index (χ1v) is 9.80. The monoisotopic (exact) mass is 402 g/mol. The number of hydrogen-bond donors (Lipinski definition) is 1. The van der Waals surface area contributed by atoms with Gasteiger partial charge in [0.1, 0.15) is 5.82 Å². The number of carbonyl (C=O) groups excluding carboxylic acids is 2. The fraction of sp³-hybridized carbons (Fsp3) is 0.333. The van der Waals surface area contributed by atoms with Crippen molar-refractivity contribution in [3.8, 4) is 0 Å². The number of rotatable bonds is 3. The van der Waals surface area contributed by atoms with Crippen molar-refractivity contribution >= 4 is 34.8 Å². The average Bonchev–Trinajstić information content (AvgIpc) is 2.99. The predicted molar refractivity (Wildman–Crippen MR) is 106 cm³/mol. The summed E-state index contributed by atoms with van der Waals surface area (Å²) in [6, 6.07) is 11.4. The third-order valence-corrected chi connectivity index (χ3v) is 6.13. The molecule has 2 saturated heterocycles. The second-order valence-corrected chi connectivity index (χ2v) is 7.74. The Morgan fingerprint density at radius 1 is 1.07 bits per heavy atom. The number of halogens is 2. The topological polar surface area (TPSA) is 45.1 Å². The zero-order valence-corrected chi connectivity index (χ0v) is 16.4. The fourth-order valence-corrected chi connectivity index (χ4v) is 4.26. The van der Waals surface area contributed by atoms with Crippen LogP contribution in [0.15, 0.2) is 42.5 Å². The number of anilines is 2. The first-order valence-electron chi connectivity index (χ1n) is 9.42. The number of benzene rings is 2. The summed E-state index contributed by atoms with van der Waals surface area (Å²) in [6.07, 6.45) is 0.219. The molecule has 1 N–H and O–H groups in total. The molecule has 2 fully saturated rings. The number of piperazine rings is 1. The molecule has 2 heterocycles. The third-order valence-electron chi connectivity index (χ3n) is 5.72. The summed E-state index contributed by atoms with van der Waals surface area (Å²) in [7, 11) is 0. The van der Waals surface area contributed by atoms with E-state index in [2.05, 4.69) is 4.90 Å². The van der Waals surface area contributed by atoms with Gasteiger partial charge < -0.3 is 9.80 Å². The molecule has 0 radical (unpaired) electrons. The van der Waals surface area contributed by atoms with Gasteiger partial charge in [-0.3, -0.25) is 9.59 Å². The maximum absolute atomic E-state index is 13.1. The van der Waals surface area contributed by atoms with E-state index in [1.807, 2.05) is 6.92 Å². The highest BCUT2D eigenvalue weighted by atomic mass is 35.5. The summed E-state index contributed by atoms with van der Waals surface area (Å²) in [5.74, 6) is -0.575. The normalized spacial score (nSPS) is 20.9. The van der Waals surface area contributed by atoms with Gasteiger partial charge in [-0.25, -0.2) is 9.29 Å². The van der Waals surface area contributed by atoms with Crippen LogP contribution in [0.3, 0.4) is 0 Å². The largest absolute Gasteiger partial charge is 0.360 e. The molecular weight excluding hydrogens is 381 g/mol. The van der Waals surface area contributed by atoms with Crippen molar-refractivity contribution in [2.75, 3.05) is 36.0 Å². The molecule has 7 heteroatoms. The molecule has 0 saturated carbocycles. The van der Waals surface area contributed by atoms with Gasteiger partial charge in [-0.15, -0.1) is 0 Å². The van der Waals surface area contributed by atoms with E-state index in [0.717, 1.165) is 42.3 Å². The van der Waals surface area contributed by atoms with E-state index in [1.54, 1.807) is 30.3 Å². The lowest BCUT2D eigenvalue weighted by Gasteiger charge is -2.35. The first-order chi connectivity index (χ1) is 13.5. The Morgan fingerprint density at radius 2 is 1.75 bits per heavy atom. The van der Waals surface area contributed by atoms with Crippen molar-refractivity contribution in [2.45, 2.75) is 19.4 Å². The Bertz CT molecular complexity index is 910. The van der Waals surface area contributed by atoms with Crippen molar-refractivity contribution < 1.29 is 18.9 Å². The van der Waals surface area contributed by atoms with Crippen molar-refractivity contribution in [2.24, 2.45) is 0 Å². The summed E-state index contributed by atoms with van der Waals surface area (Å²) < 4.78 is 13.1. The minimum absolute atomic E-state index is 0.152. The lowest BCUT2D eigenvalue weighted by Crippen LogP contribution is -3.19. The summed E-state index contributed by atoms with van der Waals surface area (Å²) in [6.45, 7) is 4.84. The molecule has 2 aromatic carbocycles. The zero-order valence-electron chi connectivity index (χ0n) is 15.6. The second-order valence-electron chi connectivity index (χ2n) is 7.33. The summed E-state index contributed by atoms with van der Waals surface area (Å²) in [5, 5.41) is 0.543. The number of hydrogen-bond acceptors (Lipinski definition) is 3. The van der Waals surface area contributed by atoms with Gasteiger partial charge in [0, 0.05) is 10.7 Å². The van der Waals surface area contributed by atoms with Gasteiger partial charge in [0.2, 0.25) is 5.91 Å². The molecule has 0 aliphatic carbocycles. The molecule has 0 unspecified atom stereocenters. The van der Waals surface area contributed by atoms with Gasteiger partial charge in [-0.05, 0) is 48.9 Å². The van der Waals surface area contributed by atoms with Crippen LogP contribution in [0.2, 0.25) is 5.02 Å². The molecule has 146 valence electrons. The van der Waals surface area contributed by atoms with E-state index in [-0.39, 0.29) is 30.1 Å². The molecule has 2 aliphatic rings. The van der Waals surface area contributed by atoms with Crippen LogP contribution in [0.25, 0.3) is 0 Å². The number of imide groups is 1. The van der Waals surface area contributed by atoms with Gasteiger partial charge in [0.05, 0.1) is 38.3 Å². The van der Waals surface area contributed by atoms with Crippen LogP contribution >= 0.6 is 11.6 Å². The van der Waals surface area contributed by atoms with Crippen LogP contribution in [0.5, 0.6) is 0 Å². The molecule has 28 heavy (non-hydrogen) atoms. The van der Waals surface area contributed by atoms with Crippen LogP contribution in [0.1, 0.15) is 12.0 Å². The number of quaternary nitrogens is 1. The van der Waals surface area contributed by atoms with Crippen LogP contribution in [0, 0.1) is 12.7 Å². The predicted octanol–water partition coefficient (Wildman–Crippen LogP) is 1.82. The lowest BCUT2D eigenvalue weighted by molar-refractivity contribution is -0.915. The standard InChI is InChI=1S/C21H21ClFN3O2/c1-14-17(22)3-2-4-18(14)26-20(27)13-19(21(26)28)25-11-9-24(10-12-25)16-7-5-15(23)6-8-16/h2-8,19H,9-13H2,1H3/p+1/t19-/m0/s1. The highest BCUT2D eigenvalue weighted by Gasteiger charge is 2.46. The van der Waals surface area contributed by atoms with Crippen LogP contribution in [0.4, 0.5) is 15.8 Å². The lowest BCUT2D eigenvalue weighted by atomic mass is 10.1. The summed E-state index contributed by atoms with van der Waals surface area (Å²) in [5.41, 5.74) is 2.29. The van der Waals surface area contributed by atoms with E-state index in [0.29, 0.717) is 10.7 Å². The van der Waals surface area contributed by atoms with Gasteiger partial charge in [-0.1, -0.05) is 17.7 Å². The molecule has 5 nitrogen and oxygen atoms in total. The van der Waals surface area contributed by atoms with Crippen LogP contribution in [-0.2, 0) is 9.59 Å². The maximum Gasteiger partial charge on any atom is 0.292 e.